The van der Waals surface area contributed by atoms with Gasteiger partial charge >= 0.3 is 23.9 Å². The van der Waals surface area contributed by atoms with E-state index in [4.69, 9.17) is 43.7 Å². The van der Waals surface area contributed by atoms with Crippen LogP contribution in [-0.4, -0.2) is 106 Å². The third-order valence-corrected chi connectivity index (χ3v) is 7.68. The van der Waals surface area contributed by atoms with Crippen LogP contribution in [0.2, 0.25) is 0 Å². The van der Waals surface area contributed by atoms with Gasteiger partial charge in [0.15, 0.2) is 69.1 Å². The zero-order valence-electron chi connectivity index (χ0n) is 40.0. The molecule has 0 aliphatic carbocycles. The Bertz CT molecular complexity index is 2610. The number of Topliss-reactive ketones (excluding diaryl/α,β-unsaturated/α-hetero) is 4. The number of carbonyl (C=O) groups is 8. The lowest BCUT2D eigenvalue weighted by atomic mass is 10.1. The highest BCUT2D eigenvalue weighted by atomic mass is 16.9. The number of ketones is 4. The Labute approximate surface area is 402 Å². The van der Waals surface area contributed by atoms with E-state index in [1.165, 1.54) is 101 Å². The first-order valence-electron chi connectivity index (χ1n) is 19.3. The molecule has 0 saturated carbocycles. The summed E-state index contributed by atoms with van der Waals surface area (Å²) in [5.74, 6) is -2.53. The van der Waals surface area contributed by atoms with Crippen molar-refractivity contribution < 1.29 is 102 Å². The molecule has 0 heterocycles. The van der Waals surface area contributed by atoms with Crippen LogP contribution in [0.4, 0.5) is 11.4 Å². The van der Waals surface area contributed by atoms with Gasteiger partial charge in [0.1, 0.15) is 0 Å². The quantitative estimate of drug-likeness (QED) is 0.0344. The molecular formula is C44H49N3O24. The molecule has 4 rings (SSSR count). The van der Waals surface area contributed by atoms with Crippen LogP contribution < -0.4 is 28.4 Å². The average Bonchev–Trinajstić information content (AvgIpc) is 3.25. The van der Waals surface area contributed by atoms with Crippen molar-refractivity contribution in [2.24, 2.45) is 0 Å². The molecular weight excluding hydrogens is 954 g/mol. The number of carbonyl (C=O) groups excluding carboxylic acids is 8. The molecule has 0 saturated heterocycles. The van der Waals surface area contributed by atoms with Gasteiger partial charge in [-0.3, -0.25) is 58.6 Å². The third-order valence-electron chi connectivity index (χ3n) is 7.68. The maximum absolute atomic E-state index is 11.3. The molecule has 0 unspecified atom stereocenters. The highest BCUT2D eigenvalue weighted by Crippen LogP contribution is 2.36. The van der Waals surface area contributed by atoms with Crippen molar-refractivity contribution in [1.29, 1.82) is 0 Å². The number of esters is 4. The number of methoxy groups -OCH3 is 4. The molecule has 0 fully saturated rings. The molecule has 0 aliphatic rings. The number of aromatic hydroxyl groups is 2. The van der Waals surface area contributed by atoms with E-state index in [1.807, 2.05) is 0 Å². The first kappa shape index (κ1) is 63.5. The standard InChI is InChI=1S/C11H11NO6.C11H12O4.C9H9NO5.C9H10O3.C4H6O3.HNO3/c1-6(13)8-4-10(17-3)11(18-7(2)14)5-9(8)12(15)16;1-7(12)9-4-5-10(15-8(2)13)11(6-9)14-3;1-5(11)6-3-9(15-2)8(12)4-7(6)10(13)14;1-6(10)7-3-4-8(11)9(5-7)12-2;1-3(5)7-4(2)6;2-1(3)4/h4-5H,1-3H3;4-6H,1-3H3;3-4,12H,1-2H3;3-5,11H,1-2H3;1-2H3;(H,2,3,4). The van der Waals surface area contributed by atoms with Crippen molar-refractivity contribution in [2.75, 3.05) is 28.4 Å². The summed E-state index contributed by atoms with van der Waals surface area (Å²) in [5.41, 5.74) is -0.00449. The van der Waals surface area contributed by atoms with E-state index in [2.05, 4.69) is 4.74 Å². The van der Waals surface area contributed by atoms with Gasteiger partial charge < -0.3 is 48.6 Å². The second-order valence-electron chi connectivity index (χ2n) is 13.1. The van der Waals surface area contributed by atoms with Crippen molar-refractivity contribution in [2.45, 2.75) is 55.4 Å². The lowest BCUT2D eigenvalue weighted by Crippen LogP contribution is -2.06. The van der Waals surface area contributed by atoms with Crippen molar-refractivity contribution in [1.82, 2.24) is 0 Å². The number of nitrogens with zero attached hydrogens (tertiary/aromatic N) is 3. The van der Waals surface area contributed by atoms with Gasteiger partial charge in [-0.15, -0.1) is 10.1 Å². The fourth-order valence-electron chi connectivity index (χ4n) is 4.76. The Morgan fingerprint density at radius 3 is 1.10 bits per heavy atom. The van der Waals surface area contributed by atoms with E-state index in [9.17, 15) is 68.8 Å². The minimum Gasteiger partial charge on any atom is -0.504 e. The number of phenols is 2. The molecule has 0 aliphatic heterocycles. The molecule has 27 nitrogen and oxygen atoms in total. The molecule has 0 spiro atoms. The first-order valence-corrected chi connectivity index (χ1v) is 19.3. The van der Waals surface area contributed by atoms with Gasteiger partial charge in [0, 0.05) is 51.0 Å². The van der Waals surface area contributed by atoms with Gasteiger partial charge in [-0.2, -0.15) is 0 Å². The fourth-order valence-corrected chi connectivity index (χ4v) is 4.76. The summed E-state index contributed by atoms with van der Waals surface area (Å²) in [6, 6.07) is 13.4. The average molecular weight is 1000 g/mol. The van der Waals surface area contributed by atoms with Gasteiger partial charge in [-0.05, 0) is 64.1 Å². The molecule has 3 N–H and O–H groups in total. The summed E-state index contributed by atoms with van der Waals surface area (Å²) in [6.07, 6.45) is 0. The van der Waals surface area contributed by atoms with Crippen molar-refractivity contribution in [3.05, 3.63) is 113 Å². The van der Waals surface area contributed by atoms with Crippen LogP contribution in [0.1, 0.15) is 96.8 Å². The third kappa shape index (κ3) is 24.2. The minimum absolute atomic E-state index is 0.0331. The number of benzene rings is 4. The molecule has 0 atom stereocenters. The van der Waals surface area contributed by atoms with Crippen LogP contribution in [0, 0.1) is 30.3 Å². The summed E-state index contributed by atoms with van der Waals surface area (Å²) >= 11 is 0. The lowest BCUT2D eigenvalue weighted by molar-refractivity contribution is -0.742. The second kappa shape index (κ2) is 31.4. The maximum Gasteiger partial charge on any atom is 0.310 e. The molecule has 71 heavy (non-hydrogen) atoms. The predicted octanol–water partition coefficient (Wildman–Crippen LogP) is 6.42. The van der Waals surface area contributed by atoms with Crippen LogP contribution in [0.25, 0.3) is 0 Å². The Kier molecular flexibility index (Phi) is 28.1. The Morgan fingerprint density at radius 2 is 0.761 bits per heavy atom. The topological polar surface area (TPSA) is 391 Å². The van der Waals surface area contributed by atoms with Crippen molar-refractivity contribution in [3.8, 4) is 46.0 Å². The van der Waals surface area contributed by atoms with E-state index in [0.717, 1.165) is 25.1 Å². The van der Waals surface area contributed by atoms with Crippen LogP contribution in [0.5, 0.6) is 46.0 Å². The van der Waals surface area contributed by atoms with Crippen LogP contribution in [0.3, 0.4) is 0 Å². The maximum atomic E-state index is 11.3. The number of ether oxygens (including phenoxy) is 7. The molecule has 27 heteroatoms. The predicted molar refractivity (Wildman–Crippen MR) is 242 cm³/mol. The van der Waals surface area contributed by atoms with Gasteiger partial charge in [0.05, 0.1) is 61.5 Å². The zero-order chi connectivity index (χ0) is 55.5. The zero-order valence-corrected chi connectivity index (χ0v) is 40.0. The van der Waals surface area contributed by atoms with Crippen LogP contribution in [-0.2, 0) is 23.9 Å². The lowest BCUT2D eigenvalue weighted by Gasteiger charge is -2.09. The summed E-state index contributed by atoms with van der Waals surface area (Å²) in [5, 5.41) is 53.5. The van der Waals surface area contributed by atoms with Crippen LogP contribution >= 0.6 is 0 Å². The van der Waals surface area contributed by atoms with Gasteiger partial charge in [-0.1, -0.05) is 0 Å². The highest BCUT2D eigenvalue weighted by molar-refractivity contribution is 6.00. The largest absolute Gasteiger partial charge is 0.504 e. The van der Waals surface area contributed by atoms with E-state index >= 15 is 0 Å². The number of hydrogen-bond donors (Lipinski definition) is 3. The molecule has 0 radical (unpaired) electrons. The molecule has 0 bridgehead atoms. The Morgan fingerprint density at radius 1 is 0.423 bits per heavy atom. The molecule has 384 valence electrons. The molecule has 0 aromatic heterocycles. The summed E-state index contributed by atoms with van der Waals surface area (Å²) in [6.45, 7) is 10.2. The molecule has 4 aromatic rings. The normalized spacial score (nSPS) is 9.24. The Balaban J connectivity index is 0. The number of hydrogen-bond acceptors (Lipinski definition) is 23. The fraction of sp³-hybridized carbons (Fsp3) is 0.273. The van der Waals surface area contributed by atoms with Gasteiger partial charge in [0.25, 0.3) is 16.5 Å². The van der Waals surface area contributed by atoms with Gasteiger partial charge in [-0.25, -0.2) is 0 Å². The molecule has 0 amide bonds. The van der Waals surface area contributed by atoms with Crippen molar-refractivity contribution in [3.63, 3.8) is 0 Å². The number of rotatable bonds is 12. The van der Waals surface area contributed by atoms with Gasteiger partial charge in [0.2, 0.25) is 0 Å². The minimum atomic E-state index is -1.50. The summed E-state index contributed by atoms with van der Waals surface area (Å²) in [4.78, 5) is 114. The molecule has 4 aromatic carbocycles. The van der Waals surface area contributed by atoms with Crippen LogP contribution in [0.15, 0.2) is 60.7 Å². The van der Waals surface area contributed by atoms with Crippen molar-refractivity contribution >= 4 is 58.4 Å². The number of nitro groups is 2. The van der Waals surface area contributed by atoms with E-state index in [0.29, 0.717) is 28.4 Å². The monoisotopic (exact) mass is 1000 g/mol. The number of nitro benzene ring substituents is 2. The highest BCUT2D eigenvalue weighted by Gasteiger charge is 2.24. The second-order valence-corrected chi connectivity index (χ2v) is 13.1. The van der Waals surface area contributed by atoms with E-state index < -0.39 is 61.8 Å². The first-order chi connectivity index (χ1) is 32.9. The summed E-state index contributed by atoms with van der Waals surface area (Å²) < 4.78 is 33.2. The SMILES string of the molecule is CC(=O)OC(C)=O.COc1cc(C(C)=O)c([N+](=O)[O-])cc1O.COc1cc(C(C)=O)c([N+](=O)[O-])cc1OC(C)=O.COc1cc(C(C)=O)ccc1O.COc1cc(C(C)=O)ccc1OC(C)=O.O=[N+]([O-])O. The van der Waals surface area contributed by atoms with E-state index in [1.54, 1.807) is 18.2 Å². The number of phenolic OH excluding ortho intramolecular Hbond substituents is 2. The Hall–Kier alpha value is -9.56. The smallest absolute Gasteiger partial charge is 0.310 e. The van der Waals surface area contributed by atoms with E-state index in [-0.39, 0.29) is 51.4 Å². The summed E-state index contributed by atoms with van der Waals surface area (Å²) in [7, 11) is 5.49.